The summed E-state index contributed by atoms with van der Waals surface area (Å²) < 4.78 is 13.4. The molecule has 0 radical (unpaired) electrons. The molecule has 9 heteroatoms. The molecule has 1 aliphatic heterocycles. The Labute approximate surface area is 165 Å². The molecule has 0 bridgehead atoms. The van der Waals surface area contributed by atoms with Crippen LogP contribution in [0.5, 0.6) is 0 Å². The van der Waals surface area contributed by atoms with Gasteiger partial charge >= 0.3 is 0 Å². The minimum Gasteiger partial charge on any atom is -0.365 e. The van der Waals surface area contributed by atoms with E-state index in [0.717, 1.165) is 5.56 Å². The minimum atomic E-state index is -0.702. The Kier molecular flexibility index (Phi) is 4.78. The third kappa shape index (κ3) is 3.84. The molecule has 146 valence electrons. The number of primary amides is 1. The summed E-state index contributed by atoms with van der Waals surface area (Å²) in [4.78, 5) is 32.3. The number of hydrogen-bond acceptors (Lipinski definition) is 6. The Bertz CT molecular complexity index is 1120. The summed E-state index contributed by atoms with van der Waals surface area (Å²) in [5.41, 5.74) is 8.04. The Hall–Kier alpha value is -4.01. The van der Waals surface area contributed by atoms with E-state index >= 15 is 0 Å². The van der Waals surface area contributed by atoms with Crippen molar-refractivity contribution in [2.75, 3.05) is 17.2 Å². The number of carbonyl (C=O) groups excluding carboxylic acids is 2. The predicted molar refractivity (Wildman–Crippen MR) is 106 cm³/mol. The molecule has 4 rings (SSSR count). The maximum absolute atomic E-state index is 13.4. The van der Waals surface area contributed by atoms with Crippen molar-refractivity contribution in [1.29, 1.82) is 0 Å². The van der Waals surface area contributed by atoms with Crippen molar-refractivity contribution < 1.29 is 14.0 Å². The van der Waals surface area contributed by atoms with E-state index in [2.05, 4.69) is 25.9 Å². The quantitative estimate of drug-likeness (QED) is 0.529. The highest BCUT2D eigenvalue weighted by molar-refractivity contribution is 6.00. The standard InChI is InChI=1S/C20H17FN6O2/c21-11-3-1-4-12(9-11)25-20-24-10-15(17(22)28)18(27-20)26-16-6-2-5-14-13(16)7-8-23-19(14)29/h1-6,9-10H,7-8H2,(H2,22,28)(H,23,29)(H2,24,25,26,27). The zero-order valence-electron chi connectivity index (χ0n) is 15.2. The average Bonchev–Trinajstić information content (AvgIpc) is 2.69. The molecule has 5 N–H and O–H groups in total. The number of hydrogen-bond donors (Lipinski definition) is 4. The van der Waals surface area contributed by atoms with Gasteiger partial charge in [0.2, 0.25) is 5.95 Å². The van der Waals surface area contributed by atoms with Crippen LogP contribution in [0.2, 0.25) is 0 Å². The largest absolute Gasteiger partial charge is 0.365 e. The fourth-order valence-electron chi connectivity index (χ4n) is 3.12. The smallest absolute Gasteiger partial charge is 0.254 e. The van der Waals surface area contributed by atoms with Gasteiger partial charge in [0.1, 0.15) is 17.2 Å². The van der Waals surface area contributed by atoms with Gasteiger partial charge in [0, 0.05) is 29.7 Å². The van der Waals surface area contributed by atoms with Crippen molar-refractivity contribution in [2.45, 2.75) is 6.42 Å². The molecular formula is C20H17FN6O2. The van der Waals surface area contributed by atoms with E-state index in [0.29, 0.717) is 29.9 Å². The van der Waals surface area contributed by atoms with E-state index in [4.69, 9.17) is 5.73 Å². The molecule has 1 aliphatic rings. The Morgan fingerprint density at radius 1 is 1.17 bits per heavy atom. The molecule has 0 fully saturated rings. The number of halogens is 1. The monoisotopic (exact) mass is 392 g/mol. The van der Waals surface area contributed by atoms with Crippen molar-refractivity contribution in [3.05, 3.63) is 71.2 Å². The highest BCUT2D eigenvalue weighted by atomic mass is 19.1. The minimum absolute atomic E-state index is 0.0904. The number of nitrogens with one attached hydrogen (secondary N) is 3. The van der Waals surface area contributed by atoms with E-state index in [1.54, 1.807) is 30.3 Å². The van der Waals surface area contributed by atoms with Gasteiger partial charge in [0.25, 0.3) is 11.8 Å². The number of rotatable bonds is 5. The topological polar surface area (TPSA) is 122 Å². The Balaban J connectivity index is 1.70. The first-order valence-electron chi connectivity index (χ1n) is 8.88. The number of carbonyl (C=O) groups is 2. The third-order valence-corrected chi connectivity index (χ3v) is 4.47. The summed E-state index contributed by atoms with van der Waals surface area (Å²) in [6, 6.07) is 11.1. The van der Waals surface area contributed by atoms with E-state index in [-0.39, 0.29) is 23.2 Å². The van der Waals surface area contributed by atoms with Gasteiger partial charge in [-0.05, 0) is 42.3 Å². The molecule has 3 aromatic rings. The summed E-state index contributed by atoms with van der Waals surface area (Å²) in [6.07, 6.45) is 1.93. The number of amides is 2. The normalized spacial score (nSPS) is 12.7. The zero-order chi connectivity index (χ0) is 20.4. The fourth-order valence-corrected chi connectivity index (χ4v) is 3.12. The van der Waals surface area contributed by atoms with E-state index in [1.807, 2.05) is 0 Å². The highest BCUT2D eigenvalue weighted by Gasteiger charge is 2.21. The van der Waals surface area contributed by atoms with Crippen LogP contribution in [0.15, 0.2) is 48.7 Å². The molecule has 0 spiro atoms. The number of nitrogens with zero attached hydrogens (tertiary/aromatic N) is 2. The van der Waals surface area contributed by atoms with Crippen LogP contribution in [-0.4, -0.2) is 28.3 Å². The van der Waals surface area contributed by atoms with Gasteiger partial charge in [-0.2, -0.15) is 4.98 Å². The van der Waals surface area contributed by atoms with Crippen molar-refractivity contribution in [3.63, 3.8) is 0 Å². The lowest BCUT2D eigenvalue weighted by atomic mass is 9.98. The van der Waals surface area contributed by atoms with Crippen molar-refractivity contribution in [2.24, 2.45) is 5.73 Å². The van der Waals surface area contributed by atoms with Crippen LogP contribution < -0.4 is 21.7 Å². The van der Waals surface area contributed by atoms with E-state index in [1.165, 1.54) is 18.3 Å². The number of anilines is 4. The molecule has 0 saturated carbocycles. The van der Waals surface area contributed by atoms with Gasteiger partial charge in [-0.1, -0.05) is 12.1 Å². The summed E-state index contributed by atoms with van der Waals surface area (Å²) in [5, 5.41) is 8.77. The molecule has 2 amide bonds. The molecular weight excluding hydrogens is 375 g/mol. The van der Waals surface area contributed by atoms with Gasteiger partial charge in [0.15, 0.2) is 0 Å². The van der Waals surface area contributed by atoms with Gasteiger partial charge in [0.05, 0.1) is 0 Å². The van der Waals surface area contributed by atoms with Crippen LogP contribution in [0.1, 0.15) is 26.3 Å². The summed E-state index contributed by atoms with van der Waals surface area (Å²) in [7, 11) is 0. The van der Waals surface area contributed by atoms with Crippen LogP contribution >= 0.6 is 0 Å². The second-order valence-corrected chi connectivity index (χ2v) is 6.42. The fraction of sp³-hybridized carbons (Fsp3) is 0.100. The second kappa shape index (κ2) is 7.55. The first-order chi connectivity index (χ1) is 14.0. The highest BCUT2D eigenvalue weighted by Crippen LogP contribution is 2.28. The first-order valence-corrected chi connectivity index (χ1v) is 8.88. The predicted octanol–water partition coefficient (Wildman–Crippen LogP) is 2.49. The van der Waals surface area contributed by atoms with Gasteiger partial charge in [-0.25, -0.2) is 9.37 Å². The van der Waals surface area contributed by atoms with Crippen LogP contribution in [0.25, 0.3) is 0 Å². The zero-order valence-corrected chi connectivity index (χ0v) is 15.2. The molecule has 0 unspecified atom stereocenters. The summed E-state index contributed by atoms with van der Waals surface area (Å²) in [6.45, 7) is 0.517. The number of aromatic nitrogens is 2. The van der Waals surface area contributed by atoms with Crippen molar-refractivity contribution in [3.8, 4) is 0 Å². The van der Waals surface area contributed by atoms with Crippen LogP contribution in [0.3, 0.4) is 0 Å². The molecule has 8 nitrogen and oxygen atoms in total. The van der Waals surface area contributed by atoms with Crippen molar-refractivity contribution in [1.82, 2.24) is 15.3 Å². The molecule has 2 aromatic carbocycles. The molecule has 1 aromatic heterocycles. The molecule has 0 aliphatic carbocycles. The molecule has 0 saturated heterocycles. The maximum Gasteiger partial charge on any atom is 0.254 e. The van der Waals surface area contributed by atoms with Crippen LogP contribution in [0.4, 0.5) is 27.5 Å². The molecule has 0 atom stereocenters. The molecule has 2 heterocycles. The lowest BCUT2D eigenvalue weighted by Gasteiger charge is -2.20. The van der Waals surface area contributed by atoms with E-state index in [9.17, 15) is 14.0 Å². The lowest BCUT2D eigenvalue weighted by molar-refractivity contribution is 0.0944. The van der Waals surface area contributed by atoms with Gasteiger partial charge in [-0.3, -0.25) is 9.59 Å². The van der Waals surface area contributed by atoms with Gasteiger partial charge in [-0.15, -0.1) is 0 Å². The first kappa shape index (κ1) is 18.4. The van der Waals surface area contributed by atoms with Crippen LogP contribution in [-0.2, 0) is 6.42 Å². The van der Waals surface area contributed by atoms with Crippen molar-refractivity contribution >= 4 is 35.0 Å². The summed E-state index contributed by atoms with van der Waals surface area (Å²) >= 11 is 0. The van der Waals surface area contributed by atoms with Crippen LogP contribution in [0, 0.1) is 5.82 Å². The number of nitrogens with two attached hydrogens (primary N) is 1. The summed E-state index contributed by atoms with van der Waals surface area (Å²) in [5.74, 6) is -0.916. The Morgan fingerprint density at radius 3 is 2.79 bits per heavy atom. The Morgan fingerprint density at radius 2 is 2.00 bits per heavy atom. The second-order valence-electron chi connectivity index (χ2n) is 6.42. The number of benzene rings is 2. The maximum atomic E-state index is 13.4. The van der Waals surface area contributed by atoms with E-state index < -0.39 is 11.7 Å². The molecule has 29 heavy (non-hydrogen) atoms. The third-order valence-electron chi connectivity index (χ3n) is 4.47. The van der Waals surface area contributed by atoms with Gasteiger partial charge < -0.3 is 21.7 Å². The lowest BCUT2D eigenvalue weighted by Crippen LogP contribution is -2.32. The number of fused-ring (bicyclic) bond motifs is 1. The SMILES string of the molecule is NC(=O)c1cnc(Nc2cccc(F)c2)nc1Nc1cccc2c1CCNC2=O. The average molecular weight is 392 g/mol.